The van der Waals surface area contributed by atoms with Gasteiger partial charge in [-0.25, -0.2) is 8.42 Å². The number of aryl methyl sites for hydroxylation is 2. The van der Waals surface area contributed by atoms with E-state index in [0.717, 1.165) is 27.3 Å². The fourth-order valence-electron chi connectivity index (χ4n) is 2.58. The molecule has 2 rings (SSSR count). The largest absolute Gasteiger partial charge is 0.348 e. The Bertz CT molecular complexity index is 845. The van der Waals surface area contributed by atoms with E-state index in [4.69, 9.17) is 0 Å². The number of rotatable bonds is 6. The molecule has 1 N–H and O–H groups in total. The molecule has 1 unspecified atom stereocenters. The SMILES string of the molecule is Cc1ccc(C(C)NC(=O)CN(c2ccccc2C)S(C)(=O)=O)cc1. The number of carbonyl (C=O) groups excluding carboxylic acids is 1. The number of nitrogens with one attached hydrogen (secondary N) is 1. The molecule has 0 fully saturated rings. The molecule has 0 aromatic heterocycles. The number of benzene rings is 2. The molecule has 0 aliphatic rings. The summed E-state index contributed by atoms with van der Waals surface area (Å²) in [6.45, 7) is 5.44. The van der Waals surface area contributed by atoms with Gasteiger partial charge in [0.15, 0.2) is 0 Å². The summed E-state index contributed by atoms with van der Waals surface area (Å²) in [5.74, 6) is -0.346. The van der Waals surface area contributed by atoms with E-state index in [2.05, 4.69) is 5.32 Å². The van der Waals surface area contributed by atoms with Gasteiger partial charge >= 0.3 is 0 Å². The van der Waals surface area contributed by atoms with Crippen LogP contribution < -0.4 is 9.62 Å². The van der Waals surface area contributed by atoms with Gasteiger partial charge < -0.3 is 5.32 Å². The molecule has 0 heterocycles. The highest BCUT2D eigenvalue weighted by Gasteiger charge is 2.23. The number of amides is 1. The van der Waals surface area contributed by atoms with Gasteiger partial charge in [0, 0.05) is 0 Å². The summed E-state index contributed by atoms with van der Waals surface area (Å²) in [5, 5.41) is 2.86. The second-order valence-corrected chi connectivity index (χ2v) is 8.16. The zero-order valence-corrected chi connectivity index (χ0v) is 15.8. The highest BCUT2D eigenvalue weighted by atomic mass is 32.2. The Morgan fingerprint density at radius 3 is 2.24 bits per heavy atom. The standard InChI is InChI=1S/C19H24N2O3S/c1-14-9-11-17(12-10-14)16(3)20-19(22)13-21(25(4,23)24)18-8-6-5-7-15(18)2/h5-12,16H,13H2,1-4H3,(H,20,22). The van der Waals surface area contributed by atoms with Crippen molar-refractivity contribution < 1.29 is 13.2 Å². The number of para-hydroxylation sites is 1. The molecule has 0 saturated carbocycles. The molecule has 0 aliphatic heterocycles. The van der Waals surface area contributed by atoms with E-state index in [1.807, 2.05) is 57.2 Å². The van der Waals surface area contributed by atoms with Gasteiger partial charge in [-0.05, 0) is 38.0 Å². The maximum atomic E-state index is 12.4. The van der Waals surface area contributed by atoms with Crippen LogP contribution in [0.2, 0.25) is 0 Å². The first kappa shape index (κ1) is 19.0. The third-order valence-corrected chi connectivity index (χ3v) is 5.15. The Hall–Kier alpha value is -2.34. The summed E-state index contributed by atoms with van der Waals surface area (Å²) >= 11 is 0. The lowest BCUT2D eigenvalue weighted by atomic mass is 10.1. The Balaban J connectivity index is 2.15. The van der Waals surface area contributed by atoms with Crippen molar-refractivity contribution in [2.24, 2.45) is 0 Å². The average molecular weight is 360 g/mol. The minimum Gasteiger partial charge on any atom is -0.348 e. The van der Waals surface area contributed by atoms with Crippen LogP contribution in [0.15, 0.2) is 48.5 Å². The summed E-state index contributed by atoms with van der Waals surface area (Å²) < 4.78 is 25.5. The normalized spacial score (nSPS) is 12.5. The van der Waals surface area contributed by atoms with E-state index in [1.54, 1.807) is 12.1 Å². The molecule has 5 nitrogen and oxygen atoms in total. The predicted octanol–water partition coefficient (Wildman–Crippen LogP) is 2.95. The molecule has 6 heteroatoms. The highest BCUT2D eigenvalue weighted by Crippen LogP contribution is 2.22. The number of anilines is 1. The van der Waals surface area contributed by atoms with Crippen molar-refractivity contribution in [2.45, 2.75) is 26.8 Å². The van der Waals surface area contributed by atoms with E-state index >= 15 is 0 Å². The van der Waals surface area contributed by atoms with E-state index in [0.29, 0.717) is 5.69 Å². The van der Waals surface area contributed by atoms with Gasteiger partial charge in [0.1, 0.15) is 6.54 Å². The van der Waals surface area contributed by atoms with Crippen LogP contribution in [0.25, 0.3) is 0 Å². The molecule has 2 aromatic rings. The lowest BCUT2D eigenvalue weighted by molar-refractivity contribution is -0.120. The zero-order chi connectivity index (χ0) is 18.6. The smallest absolute Gasteiger partial charge is 0.241 e. The highest BCUT2D eigenvalue weighted by molar-refractivity contribution is 7.92. The van der Waals surface area contributed by atoms with Crippen molar-refractivity contribution >= 4 is 21.6 Å². The van der Waals surface area contributed by atoms with Gasteiger partial charge in [0.25, 0.3) is 0 Å². The van der Waals surface area contributed by atoms with Crippen LogP contribution in [-0.4, -0.2) is 27.1 Å². The maximum absolute atomic E-state index is 12.4. The van der Waals surface area contributed by atoms with E-state index in [9.17, 15) is 13.2 Å². The summed E-state index contributed by atoms with van der Waals surface area (Å²) in [6.07, 6.45) is 1.11. The van der Waals surface area contributed by atoms with Crippen LogP contribution in [0.3, 0.4) is 0 Å². The van der Waals surface area contributed by atoms with E-state index in [-0.39, 0.29) is 18.5 Å². The second kappa shape index (κ2) is 7.70. The number of carbonyl (C=O) groups is 1. The molecule has 25 heavy (non-hydrogen) atoms. The fraction of sp³-hybridized carbons (Fsp3) is 0.316. The molecule has 134 valence electrons. The van der Waals surface area contributed by atoms with Gasteiger partial charge in [-0.1, -0.05) is 48.0 Å². The molecule has 1 atom stereocenters. The van der Waals surface area contributed by atoms with Crippen LogP contribution in [0.1, 0.15) is 29.7 Å². The second-order valence-electron chi connectivity index (χ2n) is 6.26. The lowest BCUT2D eigenvalue weighted by Gasteiger charge is -2.24. The zero-order valence-electron chi connectivity index (χ0n) is 15.0. The van der Waals surface area contributed by atoms with Crippen molar-refractivity contribution in [1.29, 1.82) is 0 Å². The number of hydrogen-bond donors (Lipinski definition) is 1. The summed E-state index contributed by atoms with van der Waals surface area (Å²) in [7, 11) is -3.57. The summed E-state index contributed by atoms with van der Waals surface area (Å²) in [5.41, 5.74) is 3.43. The lowest BCUT2D eigenvalue weighted by Crippen LogP contribution is -2.41. The van der Waals surface area contributed by atoms with Crippen molar-refractivity contribution in [3.05, 3.63) is 65.2 Å². The molecule has 0 spiro atoms. The average Bonchev–Trinajstić information content (AvgIpc) is 2.53. The molecule has 1 amide bonds. The monoisotopic (exact) mass is 360 g/mol. The third-order valence-electron chi connectivity index (χ3n) is 4.03. The fourth-order valence-corrected chi connectivity index (χ4v) is 3.49. The van der Waals surface area contributed by atoms with Crippen molar-refractivity contribution in [3.63, 3.8) is 0 Å². The molecular weight excluding hydrogens is 336 g/mol. The Morgan fingerprint density at radius 2 is 1.68 bits per heavy atom. The Kier molecular flexibility index (Phi) is 5.85. The van der Waals surface area contributed by atoms with Crippen molar-refractivity contribution in [1.82, 2.24) is 5.32 Å². The molecule has 0 saturated heterocycles. The van der Waals surface area contributed by atoms with Crippen molar-refractivity contribution in [3.8, 4) is 0 Å². The van der Waals surface area contributed by atoms with Gasteiger partial charge in [0.2, 0.25) is 15.9 Å². The first-order valence-corrected chi connectivity index (χ1v) is 9.92. The van der Waals surface area contributed by atoms with Crippen molar-refractivity contribution in [2.75, 3.05) is 17.1 Å². The minimum atomic E-state index is -3.57. The molecule has 0 aliphatic carbocycles. The quantitative estimate of drug-likeness (QED) is 0.861. The number of hydrogen-bond acceptors (Lipinski definition) is 3. The van der Waals surface area contributed by atoms with E-state index < -0.39 is 10.0 Å². The summed E-state index contributed by atoms with van der Waals surface area (Å²) in [6, 6.07) is 14.8. The first-order valence-electron chi connectivity index (χ1n) is 8.08. The van der Waals surface area contributed by atoms with Crippen LogP contribution in [0, 0.1) is 13.8 Å². The van der Waals surface area contributed by atoms with Gasteiger partial charge in [-0.2, -0.15) is 0 Å². The van der Waals surface area contributed by atoms with Crippen LogP contribution in [0.4, 0.5) is 5.69 Å². The van der Waals surface area contributed by atoms with Gasteiger partial charge in [0.05, 0.1) is 18.0 Å². The molecule has 2 aromatic carbocycles. The Morgan fingerprint density at radius 1 is 1.08 bits per heavy atom. The molecule has 0 radical (unpaired) electrons. The molecular formula is C19H24N2O3S. The minimum absolute atomic E-state index is 0.202. The van der Waals surface area contributed by atoms with E-state index in [1.165, 1.54) is 0 Å². The van der Waals surface area contributed by atoms with Gasteiger partial charge in [-0.15, -0.1) is 0 Å². The predicted molar refractivity (Wildman–Crippen MR) is 101 cm³/mol. The number of nitrogens with zero attached hydrogens (tertiary/aromatic N) is 1. The topological polar surface area (TPSA) is 66.5 Å². The summed E-state index contributed by atoms with van der Waals surface area (Å²) in [4.78, 5) is 12.4. The Labute approximate surface area is 149 Å². The molecule has 0 bridgehead atoms. The van der Waals surface area contributed by atoms with Crippen LogP contribution in [-0.2, 0) is 14.8 Å². The third kappa shape index (κ3) is 5.06. The first-order chi connectivity index (χ1) is 11.7. The van der Waals surface area contributed by atoms with Crippen LogP contribution >= 0.6 is 0 Å². The van der Waals surface area contributed by atoms with Crippen LogP contribution in [0.5, 0.6) is 0 Å². The maximum Gasteiger partial charge on any atom is 0.241 e. The number of sulfonamides is 1. The van der Waals surface area contributed by atoms with Gasteiger partial charge in [-0.3, -0.25) is 9.10 Å².